The maximum absolute atomic E-state index is 13.0. The van der Waals surface area contributed by atoms with Crippen LogP contribution in [0.4, 0.5) is 0 Å². The molecule has 2 amide bonds. The first-order valence-corrected chi connectivity index (χ1v) is 11.4. The van der Waals surface area contributed by atoms with E-state index in [1.54, 1.807) is 6.26 Å². The molecule has 160 valence electrons. The first-order valence-electron chi connectivity index (χ1n) is 11.4. The van der Waals surface area contributed by atoms with E-state index in [4.69, 9.17) is 4.42 Å². The Morgan fingerprint density at radius 2 is 1.72 bits per heavy atom. The summed E-state index contributed by atoms with van der Waals surface area (Å²) in [6.45, 7) is 6.49. The van der Waals surface area contributed by atoms with Gasteiger partial charge in [-0.3, -0.25) is 14.5 Å². The standard InChI is InChI=1S/C23H35N3O3/c1-3-26(4-2)19(20-6-5-7-29-20)14-24-21(27)15-25-22(28)23-11-16-8-17(12-23)10-18(9-16)13-23/h5-7,16-19H,3-4,8-15H2,1-2H3,(H,24,27)(H,25,28). The maximum atomic E-state index is 13.0. The van der Waals surface area contributed by atoms with Crippen LogP contribution in [0.3, 0.4) is 0 Å². The molecular weight excluding hydrogens is 366 g/mol. The number of nitrogens with zero attached hydrogens (tertiary/aromatic N) is 1. The zero-order valence-corrected chi connectivity index (χ0v) is 17.8. The van der Waals surface area contributed by atoms with Gasteiger partial charge in [-0.15, -0.1) is 0 Å². The minimum Gasteiger partial charge on any atom is -0.468 e. The van der Waals surface area contributed by atoms with Crippen LogP contribution < -0.4 is 10.6 Å². The summed E-state index contributed by atoms with van der Waals surface area (Å²) in [5.41, 5.74) is -0.201. The Bertz CT molecular complexity index is 676. The molecule has 1 heterocycles. The Balaban J connectivity index is 1.29. The zero-order valence-electron chi connectivity index (χ0n) is 17.8. The second-order valence-electron chi connectivity index (χ2n) is 9.44. The lowest BCUT2D eigenvalue weighted by Crippen LogP contribution is -2.54. The van der Waals surface area contributed by atoms with Crippen LogP contribution in [0, 0.1) is 23.2 Å². The van der Waals surface area contributed by atoms with Gasteiger partial charge in [0.25, 0.3) is 0 Å². The smallest absolute Gasteiger partial charge is 0.239 e. The van der Waals surface area contributed by atoms with E-state index in [-0.39, 0.29) is 29.8 Å². The molecular formula is C23H35N3O3. The normalized spacial score (nSPS) is 31.1. The molecule has 4 fully saturated rings. The molecule has 6 heteroatoms. The number of nitrogens with one attached hydrogen (secondary N) is 2. The Hall–Kier alpha value is -1.82. The van der Waals surface area contributed by atoms with Crippen LogP contribution in [0.1, 0.15) is 64.2 Å². The SMILES string of the molecule is CCN(CC)C(CNC(=O)CNC(=O)C12CC3CC(CC(C3)C1)C2)c1ccco1. The zero-order chi connectivity index (χ0) is 20.4. The van der Waals surface area contributed by atoms with Crippen molar-refractivity contribution >= 4 is 11.8 Å². The molecule has 1 atom stereocenters. The average molecular weight is 402 g/mol. The molecule has 29 heavy (non-hydrogen) atoms. The van der Waals surface area contributed by atoms with Crippen molar-refractivity contribution in [2.24, 2.45) is 23.2 Å². The quantitative estimate of drug-likeness (QED) is 0.667. The topological polar surface area (TPSA) is 74.6 Å². The third-order valence-corrected chi connectivity index (χ3v) is 7.55. The molecule has 0 aliphatic heterocycles. The van der Waals surface area contributed by atoms with E-state index in [1.807, 2.05) is 12.1 Å². The highest BCUT2D eigenvalue weighted by Crippen LogP contribution is 2.60. The molecule has 0 radical (unpaired) electrons. The first kappa shape index (κ1) is 20.5. The van der Waals surface area contributed by atoms with E-state index in [9.17, 15) is 9.59 Å². The fourth-order valence-corrected chi connectivity index (χ4v) is 6.56. The molecule has 4 aliphatic carbocycles. The minimum absolute atomic E-state index is 0.00260. The second-order valence-corrected chi connectivity index (χ2v) is 9.44. The molecule has 1 aromatic heterocycles. The van der Waals surface area contributed by atoms with Gasteiger partial charge in [-0.25, -0.2) is 0 Å². The Morgan fingerprint density at radius 3 is 2.24 bits per heavy atom. The lowest BCUT2D eigenvalue weighted by atomic mass is 9.49. The molecule has 1 unspecified atom stereocenters. The van der Waals surface area contributed by atoms with Crippen molar-refractivity contribution in [2.45, 2.75) is 58.4 Å². The first-order chi connectivity index (χ1) is 14.0. The van der Waals surface area contributed by atoms with Crippen molar-refractivity contribution in [1.82, 2.24) is 15.5 Å². The van der Waals surface area contributed by atoms with Crippen molar-refractivity contribution < 1.29 is 14.0 Å². The summed E-state index contributed by atoms with van der Waals surface area (Å²) in [7, 11) is 0. The van der Waals surface area contributed by atoms with Crippen LogP contribution in [0.5, 0.6) is 0 Å². The highest BCUT2D eigenvalue weighted by molar-refractivity contribution is 5.88. The van der Waals surface area contributed by atoms with Crippen molar-refractivity contribution in [3.05, 3.63) is 24.2 Å². The number of hydrogen-bond donors (Lipinski definition) is 2. The number of furan rings is 1. The summed E-state index contributed by atoms with van der Waals surface area (Å²) < 4.78 is 5.59. The monoisotopic (exact) mass is 401 g/mol. The number of hydrogen-bond acceptors (Lipinski definition) is 4. The van der Waals surface area contributed by atoms with Gasteiger partial charge in [0.1, 0.15) is 5.76 Å². The van der Waals surface area contributed by atoms with Crippen LogP contribution in [-0.2, 0) is 9.59 Å². The Morgan fingerprint density at radius 1 is 1.10 bits per heavy atom. The van der Waals surface area contributed by atoms with Crippen LogP contribution in [0.25, 0.3) is 0 Å². The third-order valence-electron chi connectivity index (χ3n) is 7.55. The van der Waals surface area contributed by atoms with E-state index in [0.717, 1.165) is 55.9 Å². The van der Waals surface area contributed by atoms with Crippen LogP contribution >= 0.6 is 0 Å². The summed E-state index contributed by atoms with van der Waals surface area (Å²) in [5.74, 6) is 3.01. The molecule has 4 bridgehead atoms. The predicted octanol–water partition coefficient (Wildman–Crippen LogP) is 3.11. The lowest BCUT2D eigenvalue weighted by Gasteiger charge is -2.55. The fourth-order valence-electron chi connectivity index (χ4n) is 6.56. The largest absolute Gasteiger partial charge is 0.468 e. The summed E-state index contributed by atoms with van der Waals surface area (Å²) in [4.78, 5) is 27.7. The van der Waals surface area contributed by atoms with E-state index in [1.165, 1.54) is 19.3 Å². The maximum Gasteiger partial charge on any atom is 0.239 e. The van der Waals surface area contributed by atoms with E-state index < -0.39 is 0 Å². The number of rotatable bonds is 9. The second kappa shape index (κ2) is 8.50. The molecule has 0 saturated heterocycles. The van der Waals surface area contributed by atoms with Crippen molar-refractivity contribution in [1.29, 1.82) is 0 Å². The Labute approximate surface area is 173 Å². The highest BCUT2D eigenvalue weighted by Gasteiger charge is 2.54. The van der Waals surface area contributed by atoms with Gasteiger partial charge in [0.05, 0.1) is 18.8 Å². The molecule has 0 spiro atoms. The van der Waals surface area contributed by atoms with Gasteiger partial charge in [-0.2, -0.15) is 0 Å². The van der Waals surface area contributed by atoms with Gasteiger partial charge in [0, 0.05) is 12.0 Å². The van der Waals surface area contributed by atoms with Gasteiger partial charge in [0.2, 0.25) is 11.8 Å². The molecule has 6 nitrogen and oxygen atoms in total. The summed E-state index contributed by atoms with van der Waals surface area (Å²) in [5, 5.41) is 5.96. The van der Waals surface area contributed by atoms with Gasteiger partial charge < -0.3 is 15.1 Å². The summed E-state index contributed by atoms with van der Waals surface area (Å²) in [6, 6.07) is 3.83. The number of carbonyl (C=O) groups excluding carboxylic acids is 2. The van der Waals surface area contributed by atoms with Gasteiger partial charge in [-0.05, 0) is 81.5 Å². The van der Waals surface area contributed by atoms with Crippen molar-refractivity contribution in [2.75, 3.05) is 26.2 Å². The molecule has 1 aromatic rings. The van der Waals surface area contributed by atoms with Crippen LogP contribution in [0.15, 0.2) is 22.8 Å². The number of amides is 2. The summed E-state index contributed by atoms with van der Waals surface area (Å²) >= 11 is 0. The van der Waals surface area contributed by atoms with Gasteiger partial charge in [0.15, 0.2) is 0 Å². The molecule has 4 aliphatic rings. The predicted molar refractivity (Wildman–Crippen MR) is 111 cm³/mol. The Kier molecular flexibility index (Phi) is 6.00. The lowest BCUT2D eigenvalue weighted by molar-refractivity contribution is -0.147. The fraction of sp³-hybridized carbons (Fsp3) is 0.739. The molecule has 5 rings (SSSR count). The van der Waals surface area contributed by atoms with E-state index >= 15 is 0 Å². The third kappa shape index (κ3) is 4.23. The van der Waals surface area contributed by atoms with E-state index in [0.29, 0.717) is 6.54 Å². The van der Waals surface area contributed by atoms with Crippen LogP contribution in [-0.4, -0.2) is 42.9 Å². The number of likely N-dealkylation sites (N-methyl/N-ethyl adjacent to an activating group) is 1. The number of carbonyl (C=O) groups is 2. The highest BCUT2D eigenvalue weighted by atomic mass is 16.3. The molecule has 2 N–H and O–H groups in total. The minimum atomic E-state index is -0.201. The van der Waals surface area contributed by atoms with Crippen molar-refractivity contribution in [3.63, 3.8) is 0 Å². The van der Waals surface area contributed by atoms with Gasteiger partial charge in [-0.1, -0.05) is 13.8 Å². The van der Waals surface area contributed by atoms with Crippen molar-refractivity contribution in [3.8, 4) is 0 Å². The van der Waals surface area contributed by atoms with E-state index in [2.05, 4.69) is 29.4 Å². The van der Waals surface area contributed by atoms with Gasteiger partial charge >= 0.3 is 0 Å². The molecule has 0 aromatic carbocycles. The average Bonchev–Trinajstić information content (AvgIpc) is 3.22. The van der Waals surface area contributed by atoms with Crippen LogP contribution in [0.2, 0.25) is 0 Å². The molecule has 4 saturated carbocycles. The summed E-state index contributed by atoms with van der Waals surface area (Å²) in [6.07, 6.45) is 8.67.